The van der Waals surface area contributed by atoms with Gasteiger partial charge in [-0.15, -0.1) is 11.3 Å². The number of thiazole rings is 1. The van der Waals surface area contributed by atoms with E-state index in [1.54, 1.807) is 0 Å². The van der Waals surface area contributed by atoms with E-state index in [1.165, 1.54) is 11.3 Å². The third-order valence-corrected chi connectivity index (χ3v) is 4.56. The zero-order valence-electron chi connectivity index (χ0n) is 13.1. The second kappa shape index (κ2) is 6.39. The number of benzene rings is 1. The summed E-state index contributed by atoms with van der Waals surface area (Å²) in [6, 6.07) is 9.97. The van der Waals surface area contributed by atoms with Gasteiger partial charge in [0, 0.05) is 11.1 Å². The first kappa shape index (κ1) is 15.7. The number of aryl methyl sites for hydroxylation is 1. The van der Waals surface area contributed by atoms with Crippen LogP contribution in [-0.4, -0.2) is 16.4 Å². The Bertz CT molecular complexity index is 617. The number of aromatic nitrogens is 1. The normalized spacial score (nSPS) is 11.4. The lowest BCUT2D eigenvalue weighted by molar-refractivity contribution is 0.0912. The Labute approximate surface area is 130 Å². The lowest BCUT2D eigenvalue weighted by atomic mass is 9.99. The highest BCUT2D eigenvalue weighted by atomic mass is 32.1. The van der Waals surface area contributed by atoms with Crippen molar-refractivity contribution in [3.05, 3.63) is 40.9 Å². The quantitative estimate of drug-likeness (QED) is 0.888. The summed E-state index contributed by atoms with van der Waals surface area (Å²) in [5.41, 5.74) is 1.66. The highest BCUT2D eigenvalue weighted by molar-refractivity contribution is 7.17. The number of hydrogen-bond acceptors (Lipinski definition) is 3. The van der Waals surface area contributed by atoms with Crippen LogP contribution in [0.5, 0.6) is 0 Å². The van der Waals surface area contributed by atoms with E-state index in [2.05, 4.69) is 31.1 Å². The van der Waals surface area contributed by atoms with E-state index < -0.39 is 0 Å². The van der Waals surface area contributed by atoms with Gasteiger partial charge in [0.25, 0.3) is 5.91 Å². The zero-order chi connectivity index (χ0) is 15.5. The van der Waals surface area contributed by atoms with E-state index in [0.717, 1.165) is 29.1 Å². The largest absolute Gasteiger partial charge is 0.346 e. The number of nitrogens with one attached hydrogen (secondary N) is 1. The Hall–Kier alpha value is -1.68. The Balaban J connectivity index is 2.21. The molecule has 0 radical (unpaired) electrons. The molecule has 112 valence electrons. The van der Waals surface area contributed by atoms with Gasteiger partial charge in [-0.2, -0.15) is 0 Å². The maximum Gasteiger partial charge on any atom is 0.263 e. The van der Waals surface area contributed by atoms with Crippen LogP contribution in [0.4, 0.5) is 0 Å². The molecule has 0 saturated heterocycles. The minimum absolute atomic E-state index is 0.0226. The first-order valence-corrected chi connectivity index (χ1v) is 8.10. The van der Waals surface area contributed by atoms with Gasteiger partial charge in [0.2, 0.25) is 0 Å². The molecule has 0 aliphatic rings. The van der Waals surface area contributed by atoms with Crippen molar-refractivity contribution < 1.29 is 4.79 Å². The highest BCUT2D eigenvalue weighted by Gasteiger charge is 2.23. The molecule has 0 bridgehead atoms. The zero-order valence-corrected chi connectivity index (χ0v) is 13.9. The molecule has 4 heteroatoms. The summed E-state index contributed by atoms with van der Waals surface area (Å²) in [7, 11) is 0. The van der Waals surface area contributed by atoms with E-state index >= 15 is 0 Å². The summed E-state index contributed by atoms with van der Waals surface area (Å²) in [5.74, 6) is -0.0226. The molecule has 0 spiro atoms. The van der Waals surface area contributed by atoms with Gasteiger partial charge in [-0.3, -0.25) is 4.79 Å². The molecule has 0 aliphatic heterocycles. The molecule has 0 saturated carbocycles. The Morgan fingerprint density at radius 3 is 2.57 bits per heavy atom. The molecule has 0 fully saturated rings. The van der Waals surface area contributed by atoms with Gasteiger partial charge in [-0.25, -0.2) is 4.98 Å². The molecule has 2 aromatic rings. The van der Waals surface area contributed by atoms with Crippen LogP contribution in [0.25, 0.3) is 10.6 Å². The van der Waals surface area contributed by atoms with E-state index in [-0.39, 0.29) is 11.4 Å². The van der Waals surface area contributed by atoms with Crippen LogP contribution in [0.1, 0.15) is 49.0 Å². The summed E-state index contributed by atoms with van der Waals surface area (Å²) in [6.07, 6.45) is 2.01. The summed E-state index contributed by atoms with van der Waals surface area (Å²) in [5, 5.41) is 4.01. The predicted octanol–water partition coefficient (Wildman–Crippen LogP) is 4.43. The smallest absolute Gasteiger partial charge is 0.263 e. The molecule has 1 amide bonds. The molecule has 0 unspecified atom stereocenters. The van der Waals surface area contributed by atoms with Crippen LogP contribution in [0.15, 0.2) is 30.3 Å². The fourth-order valence-electron chi connectivity index (χ4n) is 2.36. The third-order valence-electron chi connectivity index (χ3n) is 3.35. The maximum atomic E-state index is 12.5. The van der Waals surface area contributed by atoms with Crippen LogP contribution in [0.3, 0.4) is 0 Å². The van der Waals surface area contributed by atoms with Crippen LogP contribution < -0.4 is 5.32 Å². The monoisotopic (exact) mass is 302 g/mol. The lowest BCUT2D eigenvalue weighted by Crippen LogP contribution is -2.43. The number of rotatable bonds is 5. The van der Waals surface area contributed by atoms with Gasteiger partial charge >= 0.3 is 0 Å². The van der Waals surface area contributed by atoms with Crippen molar-refractivity contribution in [3.63, 3.8) is 0 Å². The molecule has 1 N–H and O–H groups in total. The molecule has 1 heterocycles. The first-order chi connectivity index (χ1) is 9.93. The van der Waals surface area contributed by atoms with Gasteiger partial charge in [0.05, 0.1) is 5.69 Å². The Morgan fingerprint density at radius 1 is 1.29 bits per heavy atom. The van der Waals surface area contributed by atoms with Gasteiger partial charge in [0.15, 0.2) is 0 Å². The van der Waals surface area contributed by atoms with Crippen molar-refractivity contribution in [2.45, 2.75) is 46.1 Å². The second-order valence-corrected chi connectivity index (χ2v) is 6.89. The van der Waals surface area contributed by atoms with E-state index in [9.17, 15) is 4.79 Å². The van der Waals surface area contributed by atoms with E-state index in [1.807, 2.05) is 37.3 Å². The minimum Gasteiger partial charge on any atom is -0.346 e. The SMILES string of the molecule is CCCC(C)(C)NC(=O)c1sc(-c2ccccc2)nc1C. The average molecular weight is 302 g/mol. The van der Waals surface area contributed by atoms with Crippen LogP contribution in [0.2, 0.25) is 0 Å². The number of nitrogens with zero attached hydrogens (tertiary/aromatic N) is 1. The number of hydrogen-bond donors (Lipinski definition) is 1. The molecule has 21 heavy (non-hydrogen) atoms. The van der Waals surface area contributed by atoms with E-state index in [4.69, 9.17) is 0 Å². The Morgan fingerprint density at radius 2 is 1.95 bits per heavy atom. The van der Waals surface area contributed by atoms with Gasteiger partial charge in [-0.1, -0.05) is 43.7 Å². The first-order valence-electron chi connectivity index (χ1n) is 7.28. The molecule has 1 aromatic heterocycles. The van der Waals surface area contributed by atoms with Crippen molar-refractivity contribution in [2.24, 2.45) is 0 Å². The standard InChI is InChI=1S/C17H22N2OS/c1-5-11-17(3,4)19-15(20)14-12(2)18-16(21-14)13-9-7-6-8-10-13/h6-10H,5,11H2,1-4H3,(H,19,20). The highest BCUT2D eigenvalue weighted by Crippen LogP contribution is 2.28. The van der Waals surface area contributed by atoms with Crippen molar-refractivity contribution in [3.8, 4) is 10.6 Å². The topological polar surface area (TPSA) is 42.0 Å². The third kappa shape index (κ3) is 3.91. The molecular formula is C17H22N2OS. The average Bonchev–Trinajstić information content (AvgIpc) is 2.81. The summed E-state index contributed by atoms with van der Waals surface area (Å²) < 4.78 is 0. The van der Waals surface area contributed by atoms with Crippen LogP contribution >= 0.6 is 11.3 Å². The van der Waals surface area contributed by atoms with Crippen molar-refractivity contribution in [1.29, 1.82) is 0 Å². The molecule has 0 atom stereocenters. The molecule has 3 nitrogen and oxygen atoms in total. The van der Waals surface area contributed by atoms with Crippen molar-refractivity contribution >= 4 is 17.2 Å². The fraction of sp³-hybridized carbons (Fsp3) is 0.412. The second-order valence-electron chi connectivity index (χ2n) is 5.89. The van der Waals surface area contributed by atoms with Crippen molar-refractivity contribution in [1.82, 2.24) is 10.3 Å². The van der Waals surface area contributed by atoms with E-state index in [0.29, 0.717) is 4.88 Å². The van der Waals surface area contributed by atoms with Crippen LogP contribution in [0, 0.1) is 6.92 Å². The lowest BCUT2D eigenvalue weighted by Gasteiger charge is -2.25. The number of carbonyl (C=O) groups excluding carboxylic acids is 1. The molecule has 0 aliphatic carbocycles. The van der Waals surface area contributed by atoms with Crippen molar-refractivity contribution in [2.75, 3.05) is 0 Å². The predicted molar refractivity (Wildman–Crippen MR) is 88.7 cm³/mol. The molecular weight excluding hydrogens is 280 g/mol. The van der Waals surface area contributed by atoms with Gasteiger partial charge in [0.1, 0.15) is 9.88 Å². The molecule has 1 aromatic carbocycles. The maximum absolute atomic E-state index is 12.5. The van der Waals surface area contributed by atoms with Gasteiger partial charge in [-0.05, 0) is 27.2 Å². The number of amides is 1. The molecule has 2 rings (SSSR count). The fourth-order valence-corrected chi connectivity index (χ4v) is 3.33. The van der Waals surface area contributed by atoms with Gasteiger partial charge < -0.3 is 5.32 Å². The summed E-state index contributed by atoms with van der Waals surface area (Å²) in [4.78, 5) is 17.7. The summed E-state index contributed by atoms with van der Waals surface area (Å²) in [6.45, 7) is 8.13. The summed E-state index contributed by atoms with van der Waals surface area (Å²) >= 11 is 1.46. The minimum atomic E-state index is -0.185. The Kier molecular flexibility index (Phi) is 4.78. The number of carbonyl (C=O) groups is 1. The van der Waals surface area contributed by atoms with Crippen LogP contribution in [-0.2, 0) is 0 Å².